The van der Waals surface area contributed by atoms with Crippen molar-refractivity contribution in [2.24, 2.45) is 5.41 Å². The van der Waals surface area contributed by atoms with E-state index >= 15 is 0 Å². The summed E-state index contributed by atoms with van der Waals surface area (Å²) in [7, 11) is 0. The van der Waals surface area contributed by atoms with Crippen LogP contribution in [0.1, 0.15) is 31.2 Å². The van der Waals surface area contributed by atoms with Gasteiger partial charge in [-0.15, -0.1) is 0 Å². The van der Waals surface area contributed by atoms with E-state index in [1.165, 1.54) is 0 Å². The molecule has 1 aliphatic rings. The molecule has 1 aromatic carbocycles. The van der Waals surface area contributed by atoms with E-state index in [0.29, 0.717) is 28.5 Å². The fraction of sp³-hybridized carbons (Fsp3) is 0.429. The lowest BCUT2D eigenvalue weighted by molar-refractivity contribution is -0.157. The molecule has 0 saturated heterocycles. The Morgan fingerprint density at radius 3 is 2.63 bits per heavy atom. The molecule has 1 unspecified atom stereocenters. The second-order valence-electron chi connectivity index (χ2n) is 4.93. The fourth-order valence-corrected chi connectivity index (χ4v) is 3.05. The summed E-state index contributed by atoms with van der Waals surface area (Å²) in [6.07, 6.45) is 2.36. The maximum atomic E-state index is 12.1. The molecule has 0 radical (unpaired) electrons. The van der Waals surface area contributed by atoms with E-state index in [9.17, 15) is 14.7 Å². The zero-order chi connectivity index (χ0) is 14.0. The van der Waals surface area contributed by atoms with E-state index < -0.39 is 11.4 Å². The standard InChI is InChI=1S/C14H14Cl2O3/c15-10-5-4-9(11(16)7-10)8-14(13(18)19)6-2-1-3-12(14)17/h4-5,7H,1-3,6,8H2,(H,18,19). The van der Waals surface area contributed by atoms with Gasteiger partial charge in [0, 0.05) is 16.5 Å². The minimum atomic E-state index is -1.32. The second kappa shape index (κ2) is 5.51. The van der Waals surface area contributed by atoms with Gasteiger partial charge in [0.15, 0.2) is 5.78 Å². The van der Waals surface area contributed by atoms with Gasteiger partial charge >= 0.3 is 5.97 Å². The third-order valence-corrected chi connectivity index (χ3v) is 4.29. The van der Waals surface area contributed by atoms with Gasteiger partial charge in [-0.1, -0.05) is 35.7 Å². The van der Waals surface area contributed by atoms with E-state index in [0.717, 1.165) is 12.8 Å². The number of rotatable bonds is 3. The predicted molar refractivity (Wildman–Crippen MR) is 73.7 cm³/mol. The molecular weight excluding hydrogens is 287 g/mol. The number of carbonyl (C=O) groups excluding carboxylic acids is 1. The monoisotopic (exact) mass is 300 g/mol. The molecule has 0 bridgehead atoms. The summed E-state index contributed by atoms with van der Waals surface area (Å²) in [5.41, 5.74) is -0.667. The number of aliphatic carboxylic acids is 1. The Bertz CT molecular complexity index is 527. The Morgan fingerprint density at radius 2 is 2.05 bits per heavy atom. The number of hydrogen-bond acceptors (Lipinski definition) is 2. The highest BCUT2D eigenvalue weighted by Crippen LogP contribution is 2.38. The topological polar surface area (TPSA) is 54.4 Å². The Hall–Kier alpha value is -1.06. The highest BCUT2D eigenvalue weighted by atomic mass is 35.5. The summed E-state index contributed by atoms with van der Waals surface area (Å²) in [5, 5.41) is 10.4. The first kappa shape index (κ1) is 14.4. The van der Waals surface area contributed by atoms with Crippen LogP contribution < -0.4 is 0 Å². The molecule has 0 aliphatic heterocycles. The van der Waals surface area contributed by atoms with Crippen LogP contribution in [-0.2, 0) is 16.0 Å². The number of halogens is 2. The second-order valence-corrected chi connectivity index (χ2v) is 5.77. The predicted octanol–water partition coefficient (Wildman–Crippen LogP) is 3.75. The maximum Gasteiger partial charge on any atom is 0.317 e. The summed E-state index contributed by atoms with van der Waals surface area (Å²) in [6.45, 7) is 0. The molecular formula is C14H14Cl2O3. The fourth-order valence-electron chi connectivity index (χ4n) is 2.57. The third-order valence-electron chi connectivity index (χ3n) is 3.71. The molecule has 1 fully saturated rings. The zero-order valence-corrected chi connectivity index (χ0v) is 11.8. The number of Topliss-reactive ketones (excluding diaryl/α,β-unsaturated/α-hetero) is 1. The van der Waals surface area contributed by atoms with E-state index in [4.69, 9.17) is 23.2 Å². The molecule has 1 aliphatic carbocycles. The number of hydrogen-bond donors (Lipinski definition) is 1. The molecule has 1 atom stereocenters. The first-order valence-electron chi connectivity index (χ1n) is 6.16. The van der Waals surface area contributed by atoms with E-state index in [1.54, 1.807) is 18.2 Å². The average molecular weight is 301 g/mol. The van der Waals surface area contributed by atoms with Crippen LogP contribution >= 0.6 is 23.2 Å². The van der Waals surface area contributed by atoms with Crippen molar-refractivity contribution in [3.8, 4) is 0 Å². The molecule has 0 spiro atoms. The van der Waals surface area contributed by atoms with Gasteiger partial charge in [0.1, 0.15) is 5.41 Å². The van der Waals surface area contributed by atoms with Crippen LogP contribution in [0.15, 0.2) is 18.2 Å². The van der Waals surface area contributed by atoms with E-state index in [-0.39, 0.29) is 12.2 Å². The molecule has 3 nitrogen and oxygen atoms in total. The van der Waals surface area contributed by atoms with Gasteiger partial charge in [-0.25, -0.2) is 0 Å². The summed E-state index contributed by atoms with van der Waals surface area (Å²) in [6, 6.07) is 4.92. The average Bonchev–Trinajstić information content (AvgIpc) is 2.35. The van der Waals surface area contributed by atoms with Crippen LogP contribution in [0, 0.1) is 5.41 Å². The molecule has 1 saturated carbocycles. The lowest BCUT2D eigenvalue weighted by Crippen LogP contribution is -2.43. The van der Waals surface area contributed by atoms with Gasteiger partial charge in [-0.3, -0.25) is 9.59 Å². The lowest BCUT2D eigenvalue weighted by Gasteiger charge is -2.32. The number of carbonyl (C=O) groups is 2. The molecule has 1 N–H and O–H groups in total. The molecule has 102 valence electrons. The normalized spacial score (nSPS) is 23.4. The van der Waals surface area contributed by atoms with Gasteiger partial charge in [0.2, 0.25) is 0 Å². The van der Waals surface area contributed by atoms with Crippen molar-refractivity contribution in [2.75, 3.05) is 0 Å². The molecule has 19 heavy (non-hydrogen) atoms. The van der Waals surface area contributed by atoms with Crippen molar-refractivity contribution in [1.82, 2.24) is 0 Å². The first-order valence-corrected chi connectivity index (χ1v) is 6.92. The number of carboxylic acid groups (broad SMARTS) is 1. The van der Waals surface area contributed by atoms with Crippen LogP contribution in [0.4, 0.5) is 0 Å². The summed E-state index contributed by atoms with van der Waals surface area (Å²) in [5.74, 6) is -1.25. The molecule has 5 heteroatoms. The van der Waals surface area contributed by atoms with Gasteiger partial charge in [-0.2, -0.15) is 0 Å². The highest BCUT2D eigenvalue weighted by Gasteiger charge is 2.47. The lowest BCUT2D eigenvalue weighted by atomic mass is 9.69. The maximum absolute atomic E-state index is 12.1. The minimum absolute atomic E-state index is 0.136. The van der Waals surface area contributed by atoms with Crippen LogP contribution in [0.5, 0.6) is 0 Å². The number of ketones is 1. The molecule has 0 heterocycles. The van der Waals surface area contributed by atoms with E-state index in [2.05, 4.69) is 0 Å². The van der Waals surface area contributed by atoms with Crippen molar-refractivity contribution in [2.45, 2.75) is 32.1 Å². The summed E-state index contributed by atoms with van der Waals surface area (Å²) < 4.78 is 0. The van der Waals surface area contributed by atoms with Gasteiger partial charge in [0.05, 0.1) is 0 Å². The zero-order valence-electron chi connectivity index (χ0n) is 10.3. The van der Waals surface area contributed by atoms with Crippen molar-refractivity contribution in [3.63, 3.8) is 0 Å². The number of carboxylic acids is 1. The van der Waals surface area contributed by atoms with Crippen LogP contribution in [0.25, 0.3) is 0 Å². The Labute approximate surface area is 121 Å². The summed E-state index contributed by atoms with van der Waals surface area (Å²) >= 11 is 11.9. The van der Waals surface area contributed by atoms with Crippen LogP contribution in [-0.4, -0.2) is 16.9 Å². The molecule has 0 aromatic heterocycles. The SMILES string of the molecule is O=C(O)C1(Cc2ccc(Cl)cc2Cl)CCCCC1=O. The Balaban J connectivity index is 2.36. The van der Waals surface area contributed by atoms with Crippen molar-refractivity contribution < 1.29 is 14.7 Å². The highest BCUT2D eigenvalue weighted by molar-refractivity contribution is 6.35. The molecule has 0 amide bonds. The summed E-state index contributed by atoms with van der Waals surface area (Å²) in [4.78, 5) is 23.7. The smallest absolute Gasteiger partial charge is 0.317 e. The Morgan fingerprint density at radius 1 is 1.32 bits per heavy atom. The first-order chi connectivity index (χ1) is 8.95. The Kier molecular flexibility index (Phi) is 4.16. The molecule has 2 rings (SSSR count). The van der Waals surface area contributed by atoms with Crippen LogP contribution in [0.3, 0.4) is 0 Å². The van der Waals surface area contributed by atoms with Gasteiger partial charge < -0.3 is 5.11 Å². The van der Waals surface area contributed by atoms with Crippen molar-refractivity contribution in [1.29, 1.82) is 0 Å². The van der Waals surface area contributed by atoms with Gasteiger partial charge in [0.25, 0.3) is 0 Å². The third kappa shape index (κ3) is 2.77. The van der Waals surface area contributed by atoms with E-state index in [1.807, 2.05) is 0 Å². The van der Waals surface area contributed by atoms with Crippen molar-refractivity contribution in [3.05, 3.63) is 33.8 Å². The van der Waals surface area contributed by atoms with Gasteiger partial charge in [-0.05, 0) is 37.0 Å². The number of benzene rings is 1. The van der Waals surface area contributed by atoms with Crippen molar-refractivity contribution >= 4 is 35.0 Å². The molecule has 1 aromatic rings. The minimum Gasteiger partial charge on any atom is -0.480 e. The van der Waals surface area contributed by atoms with Crippen LogP contribution in [0.2, 0.25) is 10.0 Å². The quantitative estimate of drug-likeness (QED) is 0.865. The largest absolute Gasteiger partial charge is 0.480 e.